The molecular weight excluding hydrogens is 492 g/mol. The van der Waals surface area contributed by atoms with Crippen LogP contribution in [0.4, 0.5) is 16.2 Å². The Morgan fingerprint density at radius 2 is 2.00 bits per heavy atom. The molecular formula is C22H19BrN6O4. The highest BCUT2D eigenvalue weighted by Crippen LogP contribution is 2.23. The van der Waals surface area contributed by atoms with Crippen molar-refractivity contribution in [2.75, 3.05) is 11.9 Å². The molecule has 0 aliphatic heterocycles. The van der Waals surface area contributed by atoms with Crippen molar-refractivity contribution in [2.24, 2.45) is 0 Å². The molecule has 2 heterocycles. The number of ether oxygens (including phenoxy) is 1. The van der Waals surface area contributed by atoms with E-state index in [0.29, 0.717) is 30.4 Å². The van der Waals surface area contributed by atoms with E-state index in [9.17, 15) is 14.9 Å². The van der Waals surface area contributed by atoms with Crippen molar-refractivity contribution in [3.05, 3.63) is 87.0 Å². The molecule has 0 unspecified atom stereocenters. The number of halogens is 1. The van der Waals surface area contributed by atoms with Crippen LogP contribution in [-0.2, 0) is 13.0 Å². The summed E-state index contributed by atoms with van der Waals surface area (Å²) in [6.45, 7) is 1.05. The number of anilines is 1. The van der Waals surface area contributed by atoms with Crippen molar-refractivity contribution in [2.45, 2.75) is 13.0 Å². The highest BCUT2D eigenvalue weighted by molar-refractivity contribution is 9.10. The van der Waals surface area contributed by atoms with Crippen LogP contribution in [0.25, 0.3) is 10.9 Å². The minimum Gasteiger partial charge on any atom is -0.410 e. The predicted molar refractivity (Wildman–Crippen MR) is 126 cm³/mol. The smallest absolute Gasteiger partial charge is 0.410 e. The first-order chi connectivity index (χ1) is 16.0. The van der Waals surface area contributed by atoms with Crippen LogP contribution in [0.1, 0.15) is 11.4 Å². The zero-order chi connectivity index (χ0) is 23.2. The molecule has 0 fully saturated rings. The summed E-state index contributed by atoms with van der Waals surface area (Å²) in [4.78, 5) is 33.6. The molecule has 0 saturated carbocycles. The standard InChI is InChI=1S/C22H19BrN6O4/c23-15-2-1-3-18(8-15)33-22(30)28-16-4-5-20-19(9-16)14(10-25-20)6-7-24-13-21-26-11-17(12-27-21)29(31)32/h1-5,8-12,24-25H,6-7,13H2,(H,28,30). The molecule has 0 aliphatic carbocycles. The number of aromatic nitrogens is 3. The molecule has 0 saturated heterocycles. The van der Waals surface area contributed by atoms with Gasteiger partial charge in [-0.1, -0.05) is 22.0 Å². The first kappa shape index (κ1) is 22.4. The molecule has 2 aromatic carbocycles. The average Bonchev–Trinajstić information content (AvgIpc) is 3.19. The normalized spacial score (nSPS) is 10.8. The van der Waals surface area contributed by atoms with E-state index in [0.717, 1.165) is 27.4 Å². The van der Waals surface area contributed by atoms with Crippen LogP contribution in [-0.4, -0.2) is 32.5 Å². The van der Waals surface area contributed by atoms with Crippen LogP contribution in [0, 0.1) is 10.1 Å². The largest absolute Gasteiger partial charge is 0.417 e. The molecule has 0 atom stereocenters. The predicted octanol–water partition coefficient (Wildman–Crippen LogP) is 4.57. The van der Waals surface area contributed by atoms with Crippen molar-refractivity contribution < 1.29 is 14.5 Å². The molecule has 0 aliphatic rings. The van der Waals surface area contributed by atoms with Gasteiger partial charge in [0.1, 0.15) is 24.0 Å². The fourth-order valence-electron chi connectivity index (χ4n) is 3.20. The summed E-state index contributed by atoms with van der Waals surface area (Å²) in [6, 6.07) is 12.6. The fourth-order valence-corrected chi connectivity index (χ4v) is 3.58. The highest BCUT2D eigenvalue weighted by atomic mass is 79.9. The minimum absolute atomic E-state index is 0.137. The van der Waals surface area contributed by atoms with Crippen molar-refractivity contribution in [3.8, 4) is 5.75 Å². The molecule has 0 radical (unpaired) electrons. The number of carbonyl (C=O) groups excluding carboxylic acids is 1. The quantitative estimate of drug-likeness (QED) is 0.179. The number of amides is 1. The van der Waals surface area contributed by atoms with Crippen molar-refractivity contribution in [3.63, 3.8) is 0 Å². The van der Waals surface area contributed by atoms with Crippen LogP contribution in [0.15, 0.2) is 65.5 Å². The van der Waals surface area contributed by atoms with Crippen LogP contribution < -0.4 is 15.4 Å². The molecule has 168 valence electrons. The Labute approximate surface area is 196 Å². The summed E-state index contributed by atoms with van der Waals surface area (Å²) >= 11 is 3.34. The maximum Gasteiger partial charge on any atom is 0.417 e. The lowest BCUT2D eigenvalue weighted by molar-refractivity contribution is -0.385. The first-order valence-corrected chi connectivity index (χ1v) is 10.8. The summed E-state index contributed by atoms with van der Waals surface area (Å²) in [6.07, 6.45) is 4.46. The fraction of sp³-hybridized carbons (Fsp3) is 0.136. The van der Waals surface area contributed by atoms with Gasteiger partial charge in [-0.25, -0.2) is 14.8 Å². The SMILES string of the molecule is O=C(Nc1ccc2[nH]cc(CCNCc3ncc([N+](=O)[O-])cn3)c2c1)Oc1cccc(Br)c1. The van der Waals surface area contributed by atoms with E-state index in [1.54, 1.807) is 24.3 Å². The number of hydrogen-bond donors (Lipinski definition) is 3. The van der Waals surface area contributed by atoms with E-state index in [-0.39, 0.29) is 5.69 Å². The first-order valence-electron chi connectivity index (χ1n) is 9.98. The van der Waals surface area contributed by atoms with E-state index >= 15 is 0 Å². The third kappa shape index (κ3) is 5.90. The number of nitrogens with zero attached hydrogens (tertiary/aromatic N) is 3. The van der Waals surface area contributed by atoms with Crippen LogP contribution >= 0.6 is 15.9 Å². The molecule has 0 bridgehead atoms. The number of carbonyl (C=O) groups is 1. The Hall–Kier alpha value is -3.83. The van der Waals surface area contributed by atoms with E-state index in [1.807, 2.05) is 24.4 Å². The lowest BCUT2D eigenvalue weighted by Crippen LogP contribution is -2.18. The lowest BCUT2D eigenvalue weighted by Gasteiger charge is -2.08. The number of fused-ring (bicyclic) bond motifs is 1. The summed E-state index contributed by atoms with van der Waals surface area (Å²) in [5.74, 6) is 0.920. The topological polar surface area (TPSA) is 135 Å². The minimum atomic E-state index is -0.575. The van der Waals surface area contributed by atoms with Crippen LogP contribution in [0.3, 0.4) is 0 Å². The van der Waals surface area contributed by atoms with E-state index in [4.69, 9.17) is 4.74 Å². The Bertz CT molecular complexity index is 1290. The third-order valence-electron chi connectivity index (χ3n) is 4.78. The molecule has 10 nitrogen and oxygen atoms in total. The number of hydrogen-bond acceptors (Lipinski definition) is 7. The summed E-state index contributed by atoms with van der Waals surface area (Å²) < 4.78 is 6.14. The number of nitro groups is 1. The number of H-pyrrole nitrogens is 1. The van der Waals surface area contributed by atoms with Crippen molar-refractivity contribution in [1.82, 2.24) is 20.3 Å². The Morgan fingerprint density at radius 3 is 2.76 bits per heavy atom. The molecule has 4 rings (SSSR count). The van der Waals surface area contributed by atoms with E-state index < -0.39 is 11.0 Å². The van der Waals surface area contributed by atoms with Gasteiger partial charge in [-0.2, -0.15) is 0 Å². The zero-order valence-corrected chi connectivity index (χ0v) is 18.8. The van der Waals surface area contributed by atoms with Gasteiger partial charge < -0.3 is 15.0 Å². The number of benzene rings is 2. The van der Waals surface area contributed by atoms with Gasteiger partial charge in [-0.3, -0.25) is 15.4 Å². The summed E-state index contributed by atoms with van der Waals surface area (Å²) in [5, 5.41) is 17.6. The van der Waals surface area contributed by atoms with Crippen molar-refractivity contribution in [1.29, 1.82) is 0 Å². The van der Waals surface area contributed by atoms with Gasteiger partial charge >= 0.3 is 11.8 Å². The van der Waals surface area contributed by atoms with Gasteiger partial charge in [0.25, 0.3) is 0 Å². The van der Waals surface area contributed by atoms with E-state index in [1.165, 1.54) is 12.4 Å². The van der Waals surface area contributed by atoms with E-state index in [2.05, 4.69) is 41.5 Å². The maximum absolute atomic E-state index is 12.2. The Balaban J connectivity index is 1.33. The van der Waals surface area contributed by atoms with Gasteiger partial charge in [0.05, 0.1) is 11.5 Å². The summed E-state index contributed by atoms with van der Waals surface area (Å²) in [5.41, 5.74) is 2.51. The second kappa shape index (κ2) is 10.2. The second-order valence-corrected chi connectivity index (χ2v) is 8.00. The molecule has 33 heavy (non-hydrogen) atoms. The van der Waals surface area contributed by atoms with Crippen LogP contribution in [0.2, 0.25) is 0 Å². The average molecular weight is 511 g/mol. The van der Waals surface area contributed by atoms with Crippen molar-refractivity contribution >= 4 is 44.3 Å². The van der Waals surface area contributed by atoms with Crippen LogP contribution in [0.5, 0.6) is 5.75 Å². The molecule has 0 spiro atoms. The second-order valence-electron chi connectivity index (χ2n) is 7.09. The maximum atomic E-state index is 12.2. The lowest BCUT2D eigenvalue weighted by atomic mass is 10.1. The zero-order valence-electron chi connectivity index (χ0n) is 17.2. The van der Waals surface area contributed by atoms with Gasteiger partial charge in [0.2, 0.25) is 0 Å². The molecule has 11 heteroatoms. The highest BCUT2D eigenvalue weighted by Gasteiger charge is 2.10. The third-order valence-corrected chi connectivity index (χ3v) is 5.27. The molecule has 3 N–H and O–H groups in total. The molecule has 1 amide bonds. The number of nitrogens with one attached hydrogen (secondary N) is 3. The monoisotopic (exact) mass is 510 g/mol. The Morgan fingerprint density at radius 1 is 1.18 bits per heavy atom. The summed E-state index contributed by atoms with van der Waals surface area (Å²) in [7, 11) is 0. The van der Waals surface area contributed by atoms with Gasteiger partial charge in [-0.05, 0) is 54.9 Å². The van der Waals surface area contributed by atoms with Gasteiger partial charge in [0.15, 0.2) is 0 Å². The number of aromatic amines is 1. The Kier molecular flexibility index (Phi) is 6.91. The number of rotatable bonds is 8. The van der Waals surface area contributed by atoms with Gasteiger partial charge in [0, 0.05) is 27.3 Å². The molecule has 4 aromatic rings. The molecule has 2 aromatic heterocycles. The van der Waals surface area contributed by atoms with Gasteiger partial charge in [-0.15, -0.1) is 0 Å².